The van der Waals surface area contributed by atoms with Crippen molar-refractivity contribution in [2.45, 2.75) is 37.2 Å². The largest absolute Gasteiger partial charge is 0.343 e. The van der Waals surface area contributed by atoms with E-state index in [0.717, 1.165) is 6.42 Å². The molecular weight excluding hydrogens is 314 g/mol. The van der Waals surface area contributed by atoms with Crippen molar-refractivity contribution in [3.8, 4) is 6.07 Å². The molecule has 1 aromatic carbocycles. The zero-order valence-corrected chi connectivity index (χ0v) is 13.7. The van der Waals surface area contributed by atoms with Gasteiger partial charge in [0.15, 0.2) is 5.16 Å². The Bertz CT molecular complexity index is 790. The minimum Gasteiger partial charge on any atom is -0.324 e. The number of amides is 1. The van der Waals surface area contributed by atoms with Crippen molar-refractivity contribution in [3.05, 3.63) is 40.3 Å². The number of para-hydroxylation sites is 1. The first-order chi connectivity index (χ1) is 11.1. The van der Waals surface area contributed by atoms with Gasteiger partial charge in [-0.1, -0.05) is 30.8 Å². The predicted molar refractivity (Wildman–Crippen MR) is 88.2 cm³/mol. The summed E-state index contributed by atoms with van der Waals surface area (Å²) in [5, 5.41) is 18.1. The predicted octanol–water partition coefficient (Wildman–Crippen LogP) is 1.97. The number of carbonyl (C=O) groups excluding carboxylic acids is 1. The molecule has 0 aliphatic heterocycles. The maximum Gasteiger partial charge on any atom is 0.343 e. The molecule has 0 aliphatic carbocycles. The SMILES string of the molecule is CCCn1c(SC(C)C(=O)Nc2ccccc2C#N)n[nH]c1=O. The zero-order chi connectivity index (χ0) is 16.8. The topological polar surface area (TPSA) is 104 Å². The molecule has 120 valence electrons. The van der Waals surface area contributed by atoms with E-state index in [0.29, 0.717) is 23.0 Å². The quantitative estimate of drug-likeness (QED) is 0.788. The van der Waals surface area contributed by atoms with Crippen LogP contribution in [0.2, 0.25) is 0 Å². The van der Waals surface area contributed by atoms with Crippen molar-refractivity contribution in [2.75, 3.05) is 5.32 Å². The lowest BCUT2D eigenvalue weighted by atomic mass is 10.2. The van der Waals surface area contributed by atoms with Crippen LogP contribution in [0.1, 0.15) is 25.8 Å². The van der Waals surface area contributed by atoms with Crippen LogP contribution in [0, 0.1) is 11.3 Å². The Hall–Kier alpha value is -2.53. The summed E-state index contributed by atoms with van der Waals surface area (Å²) in [4.78, 5) is 23.9. The summed E-state index contributed by atoms with van der Waals surface area (Å²) >= 11 is 1.20. The molecule has 1 atom stereocenters. The van der Waals surface area contributed by atoms with Gasteiger partial charge in [-0.2, -0.15) is 5.26 Å². The van der Waals surface area contributed by atoms with Crippen LogP contribution in [0.15, 0.2) is 34.2 Å². The summed E-state index contributed by atoms with van der Waals surface area (Å²) in [7, 11) is 0. The third-order valence-corrected chi connectivity index (χ3v) is 4.22. The zero-order valence-electron chi connectivity index (χ0n) is 12.9. The average molecular weight is 331 g/mol. The number of hydrogen-bond acceptors (Lipinski definition) is 5. The van der Waals surface area contributed by atoms with Gasteiger partial charge in [0.25, 0.3) is 0 Å². The smallest absolute Gasteiger partial charge is 0.324 e. The average Bonchev–Trinajstić information content (AvgIpc) is 2.89. The molecule has 1 unspecified atom stereocenters. The molecule has 2 aromatic rings. The number of aromatic amines is 1. The molecule has 0 bridgehead atoms. The molecule has 0 fully saturated rings. The summed E-state index contributed by atoms with van der Waals surface area (Å²) in [5.74, 6) is -0.254. The van der Waals surface area contributed by atoms with Crippen LogP contribution in [0.4, 0.5) is 5.69 Å². The molecule has 2 N–H and O–H groups in total. The van der Waals surface area contributed by atoms with E-state index < -0.39 is 5.25 Å². The Kier molecular flexibility index (Phi) is 5.60. The number of H-pyrrole nitrogens is 1. The fourth-order valence-corrected chi connectivity index (χ4v) is 2.83. The van der Waals surface area contributed by atoms with E-state index in [1.54, 1.807) is 31.2 Å². The first-order valence-electron chi connectivity index (χ1n) is 7.18. The van der Waals surface area contributed by atoms with Gasteiger partial charge in [-0.05, 0) is 25.5 Å². The second-order valence-corrected chi connectivity index (χ2v) is 6.18. The Morgan fingerprint density at radius 1 is 1.52 bits per heavy atom. The standard InChI is InChI=1S/C15H17N5O2S/c1-3-8-20-14(22)18-19-15(20)23-10(2)13(21)17-12-7-5-4-6-11(12)9-16/h4-7,10H,3,8H2,1-2H3,(H,17,21)(H,18,22). The van der Waals surface area contributed by atoms with Gasteiger partial charge in [0, 0.05) is 6.54 Å². The Morgan fingerprint density at radius 3 is 2.96 bits per heavy atom. The molecule has 0 aliphatic rings. The van der Waals surface area contributed by atoms with E-state index in [1.807, 2.05) is 13.0 Å². The summed E-state index contributed by atoms with van der Waals surface area (Å²) < 4.78 is 1.51. The van der Waals surface area contributed by atoms with Crippen LogP contribution < -0.4 is 11.0 Å². The molecule has 1 heterocycles. The van der Waals surface area contributed by atoms with Crippen LogP contribution in [-0.2, 0) is 11.3 Å². The molecular formula is C15H17N5O2S. The molecule has 1 amide bonds. The highest BCUT2D eigenvalue weighted by Crippen LogP contribution is 2.22. The van der Waals surface area contributed by atoms with Crippen molar-refractivity contribution in [1.82, 2.24) is 14.8 Å². The first-order valence-corrected chi connectivity index (χ1v) is 8.06. The minimum atomic E-state index is -0.465. The van der Waals surface area contributed by atoms with Crippen LogP contribution in [0.5, 0.6) is 0 Å². The summed E-state index contributed by atoms with van der Waals surface area (Å²) in [6.45, 7) is 4.23. The summed E-state index contributed by atoms with van der Waals surface area (Å²) in [6.07, 6.45) is 0.795. The van der Waals surface area contributed by atoms with Gasteiger partial charge in [-0.15, -0.1) is 5.10 Å². The number of hydrogen-bond donors (Lipinski definition) is 2. The summed E-state index contributed by atoms with van der Waals surface area (Å²) in [6, 6.07) is 8.84. The van der Waals surface area contributed by atoms with Gasteiger partial charge in [0.1, 0.15) is 6.07 Å². The number of thioether (sulfide) groups is 1. The molecule has 1 aromatic heterocycles. The first kappa shape index (κ1) is 16.8. The molecule has 7 nitrogen and oxygen atoms in total. The number of anilines is 1. The molecule has 2 rings (SSSR count). The van der Waals surface area contributed by atoms with Gasteiger partial charge in [-0.3, -0.25) is 9.36 Å². The fraction of sp³-hybridized carbons (Fsp3) is 0.333. The fourth-order valence-electron chi connectivity index (χ4n) is 1.95. The second kappa shape index (κ2) is 7.65. The lowest BCUT2D eigenvalue weighted by Gasteiger charge is -2.12. The van der Waals surface area contributed by atoms with Crippen LogP contribution >= 0.6 is 11.8 Å². The van der Waals surface area contributed by atoms with Crippen molar-refractivity contribution in [2.24, 2.45) is 0 Å². The molecule has 0 spiro atoms. The van der Waals surface area contributed by atoms with E-state index in [2.05, 4.69) is 15.5 Å². The van der Waals surface area contributed by atoms with Crippen molar-refractivity contribution < 1.29 is 4.79 Å². The highest BCUT2D eigenvalue weighted by atomic mass is 32.2. The van der Waals surface area contributed by atoms with Crippen LogP contribution in [0.3, 0.4) is 0 Å². The van der Waals surface area contributed by atoms with E-state index in [4.69, 9.17) is 5.26 Å². The molecule has 23 heavy (non-hydrogen) atoms. The number of rotatable bonds is 6. The molecule has 0 radical (unpaired) electrons. The second-order valence-electron chi connectivity index (χ2n) is 4.87. The van der Waals surface area contributed by atoms with E-state index >= 15 is 0 Å². The molecule has 8 heteroatoms. The number of aromatic nitrogens is 3. The number of nitrogens with zero attached hydrogens (tertiary/aromatic N) is 3. The van der Waals surface area contributed by atoms with E-state index in [9.17, 15) is 9.59 Å². The van der Waals surface area contributed by atoms with Gasteiger partial charge >= 0.3 is 5.69 Å². The highest BCUT2D eigenvalue weighted by molar-refractivity contribution is 8.00. The Morgan fingerprint density at radius 2 is 2.26 bits per heavy atom. The summed E-state index contributed by atoms with van der Waals surface area (Å²) in [5.41, 5.74) is 0.595. The van der Waals surface area contributed by atoms with Gasteiger partial charge in [-0.25, -0.2) is 9.89 Å². The number of benzene rings is 1. The van der Waals surface area contributed by atoms with Gasteiger partial charge in [0.2, 0.25) is 5.91 Å². The van der Waals surface area contributed by atoms with Crippen molar-refractivity contribution in [3.63, 3.8) is 0 Å². The number of nitriles is 1. The van der Waals surface area contributed by atoms with Crippen LogP contribution in [-0.4, -0.2) is 25.9 Å². The number of carbonyl (C=O) groups is 1. The number of nitrogens with one attached hydrogen (secondary N) is 2. The third kappa shape index (κ3) is 4.02. The van der Waals surface area contributed by atoms with Gasteiger partial charge < -0.3 is 5.32 Å². The maximum absolute atomic E-state index is 12.3. The lowest BCUT2D eigenvalue weighted by molar-refractivity contribution is -0.115. The highest BCUT2D eigenvalue weighted by Gasteiger charge is 2.19. The van der Waals surface area contributed by atoms with Crippen LogP contribution in [0.25, 0.3) is 0 Å². The van der Waals surface area contributed by atoms with Crippen molar-refractivity contribution >= 4 is 23.4 Å². The molecule has 0 saturated heterocycles. The van der Waals surface area contributed by atoms with Gasteiger partial charge in [0.05, 0.1) is 16.5 Å². The third-order valence-electron chi connectivity index (χ3n) is 3.13. The Labute approximate surface area is 137 Å². The maximum atomic E-state index is 12.3. The minimum absolute atomic E-state index is 0.254. The Balaban J connectivity index is 2.09. The lowest BCUT2D eigenvalue weighted by Crippen LogP contribution is -2.24. The van der Waals surface area contributed by atoms with E-state index in [1.165, 1.54) is 16.3 Å². The normalized spacial score (nSPS) is 11.7. The molecule has 0 saturated carbocycles. The van der Waals surface area contributed by atoms with E-state index in [-0.39, 0.29) is 11.6 Å². The van der Waals surface area contributed by atoms with Crippen molar-refractivity contribution in [1.29, 1.82) is 5.26 Å². The monoisotopic (exact) mass is 331 g/mol.